The molecule has 0 unspecified atom stereocenters. The molecule has 24 heavy (non-hydrogen) atoms. The van der Waals surface area contributed by atoms with Crippen molar-refractivity contribution in [3.05, 3.63) is 48.5 Å². The van der Waals surface area contributed by atoms with Gasteiger partial charge in [0.2, 0.25) is 0 Å². The van der Waals surface area contributed by atoms with E-state index in [1.807, 2.05) is 19.2 Å². The van der Waals surface area contributed by atoms with E-state index in [9.17, 15) is 0 Å². The molecule has 0 aromatic heterocycles. The van der Waals surface area contributed by atoms with Crippen LogP contribution in [0.2, 0.25) is 0 Å². The minimum atomic E-state index is 0.790. The highest BCUT2D eigenvalue weighted by molar-refractivity contribution is 5.93. The number of nitrogens with zero attached hydrogens (tertiary/aromatic N) is 3. The quantitative estimate of drug-likeness (QED) is 0.575. The molecule has 5 heteroatoms. The molecule has 0 bridgehead atoms. The van der Waals surface area contributed by atoms with Crippen LogP contribution in [0.4, 0.5) is 0 Å². The van der Waals surface area contributed by atoms with E-state index < -0.39 is 0 Å². The first-order valence-corrected chi connectivity index (χ1v) is 8.75. The Hall–Kier alpha value is -2.01. The van der Waals surface area contributed by atoms with E-state index in [2.05, 4.69) is 38.8 Å². The second-order valence-corrected chi connectivity index (χ2v) is 5.88. The lowest BCUT2D eigenvalue weighted by molar-refractivity contribution is 0.151. The summed E-state index contributed by atoms with van der Waals surface area (Å²) in [7, 11) is 1.76. The lowest BCUT2D eigenvalue weighted by atomic mass is 10.1. The van der Waals surface area contributed by atoms with Crippen LogP contribution in [0.5, 0.6) is 0 Å². The molecule has 1 heterocycles. The average molecular weight is 330 g/mol. The lowest BCUT2D eigenvalue weighted by Crippen LogP contribution is -2.47. The molecule has 1 fully saturated rings. The number of nitrogens with one attached hydrogen (secondary N) is 1. The lowest BCUT2D eigenvalue weighted by Gasteiger charge is -2.38. The Morgan fingerprint density at radius 2 is 2.04 bits per heavy atom. The molecule has 2 rings (SSSR count). The summed E-state index contributed by atoms with van der Waals surface area (Å²) in [6.45, 7) is 11.7. The first-order valence-electron chi connectivity index (χ1n) is 8.75. The van der Waals surface area contributed by atoms with E-state index >= 15 is 0 Å². The van der Waals surface area contributed by atoms with Crippen LogP contribution in [0.25, 0.3) is 0 Å². The summed E-state index contributed by atoms with van der Waals surface area (Å²) in [6.07, 6.45) is 12.3. The summed E-state index contributed by atoms with van der Waals surface area (Å²) < 4.78 is 5.52. The van der Waals surface area contributed by atoms with Crippen LogP contribution in [0.3, 0.4) is 0 Å². The van der Waals surface area contributed by atoms with Crippen LogP contribution in [0.1, 0.15) is 19.8 Å². The molecule has 2 aliphatic rings. The van der Waals surface area contributed by atoms with E-state index in [4.69, 9.17) is 4.74 Å². The van der Waals surface area contributed by atoms with Gasteiger partial charge in [-0.3, -0.25) is 9.89 Å². The van der Waals surface area contributed by atoms with Gasteiger partial charge in [0.25, 0.3) is 0 Å². The van der Waals surface area contributed by atoms with Gasteiger partial charge in [-0.25, -0.2) is 0 Å². The number of ether oxygens (including phenoxy) is 1. The summed E-state index contributed by atoms with van der Waals surface area (Å²) in [6, 6.07) is 0. The van der Waals surface area contributed by atoms with Crippen molar-refractivity contribution in [1.82, 2.24) is 15.1 Å². The normalized spacial score (nSPS) is 19.9. The third-order valence-corrected chi connectivity index (χ3v) is 4.31. The Kier molecular flexibility index (Phi) is 7.62. The fourth-order valence-electron chi connectivity index (χ4n) is 2.97. The van der Waals surface area contributed by atoms with Crippen LogP contribution < -0.4 is 5.32 Å². The number of rotatable bonds is 7. The number of amidine groups is 1. The third kappa shape index (κ3) is 5.27. The molecule has 0 aromatic carbocycles. The van der Waals surface area contributed by atoms with Gasteiger partial charge in [-0.2, -0.15) is 0 Å². The van der Waals surface area contributed by atoms with Crippen molar-refractivity contribution in [2.45, 2.75) is 19.8 Å². The van der Waals surface area contributed by atoms with E-state index in [1.165, 1.54) is 5.70 Å². The van der Waals surface area contributed by atoms with Gasteiger partial charge in [0.1, 0.15) is 11.6 Å². The molecule has 1 aliphatic carbocycles. The Labute approximate surface area is 146 Å². The Morgan fingerprint density at radius 1 is 1.29 bits per heavy atom. The number of aliphatic imine (C=N–C) groups is 1. The number of hydrogen-bond acceptors (Lipinski definition) is 4. The fourth-order valence-corrected chi connectivity index (χ4v) is 2.97. The highest BCUT2D eigenvalue weighted by Crippen LogP contribution is 2.23. The molecular weight excluding hydrogens is 300 g/mol. The molecule has 0 saturated carbocycles. The van der Waals surface area contributed by atoms with Gasteiger partial charge in [0.15, 0.2) is 0 Å². The smallest absolute Gasteiger partial charge is 0.137 e. The second kappa shape index (κ2) is 9.98. The van der Waals surface area contributed by atoms with Crippen molar-refractivity contribution >= 4 is 5.84 Å². The minimum Gasteiger partial charge on any atom is -0.495 e. The Balaban J connectivity index is 1.77. The molecule has 0 atom stereocenters. The van der Waals surface area contributed by atoms with Gasteiger partial charge in [-0.1, -0.05) is 18.7 Å². The SMILES string of the molecule is C=CC(=NCCN1CCN(C2=CCCC=C2OC)CC1)N/C=C\C. The van der Waals surface area contributed by atoms with Crippen LogP contribution in [0.15, 0.2) is 53.5 Å². The molecular formula is C19H30N4O. The van der Waals surface area contributed by atoms with Gasteiger partial charge < -0.3 is 15.0 Å². The maximum absolute atomic E-state index is 5.52. The summed E-state index contributed by atoms with van der Waals surface area (Å²) in [5, 5.41) is 3.12. The van der Waals surface area contributed by atoms with E-state index in [0.717, 1.165) is 63.7 Å². The largest absolute Gasteiger partial charge is 0.495 e. The fraction of sp³-hybridized carbons (Fsp3) is 0.526. The highest BCUT2D eigenvalue weighted by atomic mass is 16.5. The zero-order valence-corrected chi connectivity index (χ0v) is 15.0. The Bertz CT molecular complexity index is 525. The van der Waals surface area contributed by atoms with Crippen LogP contribution >= 0.6 is 0 Å². The monoisotopic (exact) mass is 330 g/mol. The number of allylic oxidation sites excluding steroid dienone is 3. The second-order valence-electron chi connectivity index (χ2n) is 5.88. The minimum absolute atomic E-state index is 0.790. The molecule has 5 nitrogen and oxygen atoms in total. The zero-order chi connectivity index (χ0) is 17.2. The van der Waals surface area contributed by atoms with Gasteiger partial charge in [-0.15, -0.1) is 0 Å². The molecule has 0 aromatic rings. The molecule has 0 radical (unpaired) electrons. The average Bonchev–Trinajstić information content (AvgIpc) is 2.65. The van der Waals surface area contributed by atoms with Crippen molar-refractivity contribution < 1.29 is 4.74 Å². The predicted molar refractivity (Wildman–Crippen MR) is 101 cm³/mol. The summed E-state index contributed by atoms with van der Waals surface area (Å²) in [5.41, 5.74) is 1.27. The highest BCUT2D eigenvalue weighted by Gasteiger charge is 2.21. The predicted octanol–water partition coefficient (Wildman–Crippen LogP) is 2.52. The summed E-state index contributed by atoms with van der Waals surface area (Å²) >= 11 is 0. The van der Waals surface area contributed by atoms with Crippen molar-refractivity contribution in [3.63, 3.8) is 0 Å². The van der Waals surface area contributed by atoms with Gasteiger partial charge in [0.05, 0.1) is 19.4 Å². The molecule has 132 valence electrons. The van der Waals surface area contributed by atoms with Crippen LogP contribution in [0, 0.1) is 0 Å². The van der Waals surface area contributed by atoms with Crippen LogP contribution in [-0.4, -0.2) is 62.0 Å². The van der Waals surface area contributed by atoms with E-state index in [-0.39, 0.29) is 0 Å². The molecule has 1 saturated heterocycles. The van der Waals surface area contributed by atoms with Gasteiger partial charge >= 0.3 is 0 Å². The maximum atomic E-state index is 5.52. The third-order valence-electron chi connectivity index (χ3n) is 4.31. The first-order chi connectivity index (χ1) is 11.8. The maximum Gasteiger partial charge on any atom is 0.137 e. The molecule has 0 amide bonds. The number of methoxy groups -OCH3 is 1. The van der Waals surface area contributed by atoms with Crippen molar-refractivity contribution in [1.29, 1.82) is 0 Å². The summed E-state index contributed by atoms with van der Waals surface area (Å²) in [5.74, 6) is 1.86. The van der Waals surface area contributed by atoms with Crippen LogP contribution in [-0.2, 0) is 4.74 Å². The first kappa shape index (κ1) is 18.3. The van der Waals surface area contributed by atoms with E-state index in [1.54, 1.807) is 13.2 Å². The van der Waals surface area contributed by atoms with Crippen molar-refractivity contribution in [2.75, 3.05) is 46.4 Å². The molecule has 1 aliphatic heterocycles. The number of piperazine rings is 1. The Morgan fingerprint density at radius 3 is 2.71 bits per heavy atom. The van der Waals surface area contributed by atoms with Crippen molar-refractivity contribution in [3.8, 4) is 0 Å². The molecule has 0 spiro atoms. The van der Waals surface area contributed by atoms with Gasteiger partial charge in [0, 0.05) is 32.7 Å². The molecule has 1 N–H and O–H groups in total. The van der Waals surface area contributed by atoms with Crippen molar-refractivity contribution in [2.24, 2.45) is 4.99 Å². The van der Waals surface area contributed by atoms with Gasteiger partial charge in [-0.05, 0) is 38.1 Å². The standard InChI is InChI=1S/C19H30N4O/c1-4-10-20-19(5-2)21-11-12-22-13-15-23(16-14-22)17-8-6-7-9-18(17)24-3/h4-5,8-10H,2,6-7,11-16H2,1,3H3,(H,20,21)/b10-4-. The number of hydrogen-bond donors (Lipinski definition) is 1. The topological polar surface area (TPSA) is 40.1 Å². The van der Waals surface area contributed by atoms with E-state index in [0.29, 0.717) is 0 Å². The summed E-state index contributed by atoms with van der Waals surface area (Å²) in [4.78, 5) is 9.46. The zero-order valence-electron chi connectivity index (χ0n) is 15.0.